The molecule has 82 valence electrons. The summed E-state index contributed by atoms with van der Waals surface area (Å²) in [6.45, 7) is 4.41. The maximum absolute atomic E-state index is 10.3. The minimum atomic E-state index is -0.874. The normalized spacial score (nSPS) is 9.73. The zero-order valence-electron chi connectivity index (χ0n) is 8.91. The van der Waals surface area contributed by atoms with E-state index in [2.05, 4.69) is 5.32 Å². The van der Waals surface area contributed by atoms with Crippen LogP contribution in [0.2, 0.25) is 0 Å². The Morgan fingerprint density at radius 2 is 2.27 bits per heavy atom. The van der Waals surface area contributed by atoms with Crippen molar-refractivity contribution in [2.75, 3.05) is 18.5 Å². The molecule has 1 aromatic rings. The molecule has 1 aromatic carbocycles. The first kappa shape index (κ1) is 11.4. The molecule has 0 unspecified atom stereocenters. The van der Waals surface area contributed by atoms with Crippen LogP contribution in [0.4, 0.5) is 5.69 Å². The van der Waals surface area contributed by atoms with Gasteiger partial charge in [0.05, 0.1) is 6.61 Å². The highest BCUT2D eigenvalue weighted by atomic mass is 16.5. The van der Waals surface area contributed by atoms with E-state index >= 15 is 0 Å². The Bertz CT molecular complexity index is 350. The number of carboxylic acids is 1. The van der Waals surface area contributed by atoms with Gasteiger partial charge in [0.1, 0.15) is 12.3 Å². The van der Waals surface area contributed by atoms with Crippen LogP contribution in [-0.2, 0) is 4.79 Å². The van der Waals surface area contributed by atoms with Gasteiger partial charge >= 0.3 is 5.97 Å². The molecule has 0 aromatic heterocycles. The van der Waals surface area contributed by atoms with Crippen molar-refractivity contribution in [2.24, 2.45) is 0 Å². The lowest BCUT2D eigenvalue weighted by atomic mass is 10.2. The molecule has 1 rings (SSSR count). The van der Waals surface area contributed by atoms with Crippen LogP contribution in [0.5, 0.6) is 5.75 Å². The van der Waals surface area contributed by atoms with E-state index < -0.39 is 5.97 Å². The summed E-state index contributed by atoms with van der Waals surface area (Å²) >= 11 is 0. The van der Waals surface area contributed by atoms with E-state index in [-0.39, 0.29) is 6.54 Å². The first-order valence-corrected chi connectivity index (χ1v) is 4.82. The first-order valence-electron chi connectivity index (χ1n) is 4.82. The Kier molecular flexibility index (Phi) is 3.97. The van der Waals surface area contributed by atoms with Crippen molar-refractivity contribution in [1.29, 1.82) is 0 Å². The molecule has 0 spiro atoms. The number of aryl methyl sites for hydroxylation is 1. The van der Waals surface area contributed by atoms with E-state index in [0.717, 1.165) is 17.0 Å². The molecular weight excluding hydrogens is 194 g/mol. The summed E-state index contributed by atoms with van der Waals surface area (Å²) in [5.41, 5.74) is 1.78. The molecule has 0 radical (unpaired) electrons. The van der Waals surface area contributed by atoms with Gasteiger partial charge in [-0.05, 0) is 37.6 Å². The number of anilines is 1. The molecule has 2 N–H and O–H groups in total. The molecule has 0 aliphatic carbocycles. The second-order valence-corrected chi connectivity index (χ2v) is 3.16. The zero-order valence-corrected chi connectivity index (χ0v) is 8.91. The Labute approximate surface area is 88.9 Å². The van der Waals surface area contributed by atoms with Gasteiger partial charge in [-0.1, -0.05) is 0 Å². The lowest BCUT2D eigenvalue weighted by Gasteiger charge is -2.09. The van der Waals surface area contributed by atoms with Crippen molar-refractivity contribution in [3.8, 4) is 5.75 Å². The summed E-state index contributed by atoms with van der Waals surface area (Å²) < 4.78 is 5.37. The molecule has 0 saturated heterocycles. The summed E-state index contributed by atoms with van der Waals surface area (Å²) in [5, 5.41) is 11.3. The van der Waals surface area contributed by atoms with E-state index in [1.54, 1.807) is 6.07 Å². The Hall–Kier alpha value is -1.71. The van der Waals surface area contributed by atoms with Gasteiger partial charge in [0.2, 0.25) is 0 Å². The molecule has 15 heavy (non-hydrogen) atoms. The average Bonchev–Trinajstić information content (AvgIpc) is 2.19. The average molecular weight is 209 g/mol. The third-order valence-corrected chi connectivity index (χ3v) is 1.92. The smallest absolute Gasteiger partial charge is 0.322 e. The minimum absolute atomic E-state index is 0.0760. The van der Waals surface area contributed by atoms with Gasteiger partial charge < -0.3 is 15.2 Å². The maximum atomic E-state index is 10.3. The molecule has 0 amide bonds. The highest BCUT2D eigenvalue weighted by Crippen LogP contribution is 2.21. The van der Waals surface area contributed by atoms with Crippen molar-refractivity contribution in [2.45, 2.75) is 13.8 Å². The summed E-state index contributed by atoms with van der Waals surface area (Å²) in [5.74, 6) is -0.0417. The van der Waals surface area contributed by atoms with Crippen LogP contribution in [-0.4, -0.2) is 24.2 Å². The van der Waals surface area contributed by atoms with E-state index in [4.69, 9.17) is 9.84 Å². The van der Waals surface area contributed by atoms with Crippen molar-refractivity contribution < 1.29 is 14.6 Å². The highest BCUT2D eigenvalue weighted by molar-refractivity contribution is 5.72. The molecule has 0 saturated carbocycles. The fourth-order valence-electron chi connectivity index (χ4n) is 1.25. The highest BCUT2D eigenvalue weighted by Gasteiger charge is 2.01. The molecule has 0 bridgehead atoms. The number of ether oxygens (including phenoxy) is 1. The monoisotopic (exact) mass is 209 g/mol. The van der Waals surface area contributed by atoms with Gasteiger partial charge in [-0.15, -0.1) is 0 Å². The molecule has 0 fully saturated rings. The van der Waals surface area contributed by atoms with Crippen LogP contribution in [0.3, 0.4) is 0 Å². The Balaban J connectivity index is 2.68. The number of benzene rings is 1. The summed E-state index contributed by atoms with van der Waals surface area (Å²) in [7, 11) is 0. The molecule has 0 aliphatic rings. The van der Waals surface area contributed by atoms with E-state index in [0.29, 0.717) is 6.61 Å². The number of carboxylic acid groups (broad SMARTS) is 1. The third kappa shape index (κ3) is 3.50. The van der Waals surface area contributed by atoms with Gasteiger partial charge in [0.15, 0.2) is 0 Å². The number of aliphatic carboxylic acids is 1. The fourth-order valence-corrected chi connectivity index (χ4v) is 1.25. The van der Waals surface area contributed by atoms with Gasteiger partial charge in [0, 0.05) is 5.69 Å². The topological polar surface area (TPSA) is 58.6 Å². The predicted octanol–water partition coefficient (Wildman–Crippen LogP) is 1.89. The van der Waals surface area contributed by atoms with Crippen molar-refractivity contribution in [1.82, 2.24) is 0 Å². The van der Waals surface area contributed by atoms with Crippen LogP contribution in [0.1, 0.15) is 12.5 Å². The van der Waals surface area contributed by atoms with E-state index in [1.807, 2.05) is 26.0 Å². The van der Waals surface area contributed by atoms with Crippen molar-refractivity contribution in [3.63, 3.8) is 0 Å². The molecule has 0 heterocycles. The SMILES string of the molecule is CCOc1ccc(NCC(=O)O)cc1C. The lowest BCUT2D eigenvalue weighted by Crippen LogP contribution is -2.12. The van der Waals surface area contributed by atoms with Gasteiger partial charge in [0.25, 0.3) is 0 Å². The maximum Gasteiger partial charge on any atom is 0.322 e. The van der Waals surface area contributed by atoms with Crippen LogP contribution < -0.4 is 10.1 Å². The zero-order chi connectivity index (χ0) is 11.3. The number of rotatable bonds is 5. The molecule has 4 heteroatoms. The van der Waals surface area contributed by atoms with E-state index in [1.165, 1.54) is 0 Å². The molecule has 4 nitrogen and oxygen atoms in total. The first-order chi connectivity index (χ1) is 7.13. The number of hydrogen-bond acceptors (Lipinski definition) is 3. The second kappa shape index (κ2) is 5.24. The van der Waals surface area contributed by atoms with Gasteiger partial charge in [-0.2, -0.15) is 0 Å². The van der Waals surface area contributed by atoms with Crippen LogP contribution in [0.25, 0.3) is 0 Å². The summed E-state index contributed by atoms with van der Waals surface area (Å²) in [6, 6.07) is 5.51. The standard InChI is InChI=1S/C11H15NO3/c1-3-15-10-5-4-9(6-8(10)2)12-7-11(13)14/h4-6,12H,3,7H2,1-2H3,(H,13,14). The van der Waals surface area contributed by atoms with Crippen molar-refractivity contribution in [3.05, 3.63) is 23.8 Å². The largest absolute Gasteiger partial charge is 0.494 e. The summed E-state index contributed by atoms with van der Waals surface area (Å²) in [6.07, 6.45) is 0. The Morgan fingerprint density at radius 1 is 1.53 bits per heavy atom. The predicted molar refractivity (Wildman–Crippen MR) is 58.5 cm³/mol. The summed E-state index contributed by atoms with van der Waals surface area (Å²) in [4.78, 5) is 10.3. The van der Waals surface area contributed by atoms with Gasteiger partial charge in [-0.3, -0.25) is 4.79 Å². The fraction of sp³-hybridized carbons (Fsp3) is 0.364. The van der Waals surface area contributed by atoms with Gasteiger partial charge in [-0.25, -0.2) is 0 Å². The quantitative estimate of drug-likeness (QED) is 0.777. The number of nitrogens with one attached hydrogen (secondary N) is 1. The third-order valence-electron chi connectivity index (χ3n) is 1.92. The second-order valence-electron chi connectivity index (χ2n) is 3.16. The van der Waals surface area contributed by atoms with Crippen LogP contribution in [0.15, 0.2) is 18.2 Å². The minimum Gasteiger partial charge on any atom is -0.494 e. The van der Waals surface area contributed by atoms with Crippen LogP contribution in [0, 0.1) is 6.92 Å². The number of carbonyl (C=O) groups is 1. The number of hydrogen-bond donors (Lipinski definition) is 2. The Morgan fingerprint density at radius 3 is 2.80 bits per heavy atom. The molecular formula is C11H15NO3. The van der Waals surface area contributed by atoms with Crippen molar-refractivity contribution >= 4 is 11.7 Å². The van der Waals surface area contributed by atoms with Crippen LogP contribution >= 0.6 is 0 Å². The lowest BCUT2D eigenvalue weighted by molar-refractivity contribution is -0.134. The molecule has 0 atom stereocenters. The molecule has 0 aliphatic heterocycles. The van der Waals surface area contributed by atoms with E-state index in [9.17, 15) is 4.79 Å².